The molecule has 142 valence electrons. The van der Waals surface area contributed by atoms with Gasteiger partial charge in [0.05, 0.1) is 12.5 Å². The number of hydrogen-bond acceptors (Lipinski definition) is 4. The van der Waals surface area contributed by atoms with Crippen molar-refractivity contribution in [1.82, 2.24) is 0 Å². The molecule has 0 saturated carbocycles. The molecule has 3 rings (SSSR count). The van der Waals surface area contributed by atoms with Crippen molar-refractivity contribution in [2.75, 3.05) is 7.11 Å². The number of rotatable bonds is 3. The van der Waals surface area contributed by atoms with E-state index >= 15 is 0 Å². The van der Waals surface area contributed by atoms with Crippen molar-refractivity contribution in [2.45, 2.75) is 40.0 Å². The monoisotopic (exact) mass is 366 g/mol. The van der Waals surface area contributed by atoms with Crippen LogP contribution in [0, 0.1) is 10.8 Å². The van der Waals surface area contributed by atoms with Crippen molar-refractivity contribution in [2.24, 2.45) is 10.8 Å². The third-order valence-electron chi connectivity index (χ3n) is 6.80. The van der Waals surface area contributed by atoms with E-state index in [0.29, 0.717) is 28.9 Å². The highest BCUT2D eigenvalue weighted by Gasteiger charge is 2.63. The van der Waals surface area contributed by atoms with Crippen LogP contribution in [0.25, 0.3) is 0 Å². The molecule has 3 atom stereocenters. The van der Waals surface area contributed by atoms with Crippen LogP contribution in [0.15, 0.2) is 53.6 Å². The maximum absolute atomic E-state index is 13.6. The van der Waals surface area contributed by atoms with E-state index in [-0.39, 0.29) is 17.3 Å². The predicted octanol–water partition coefficient (Wildman–Crippen LogP) is 4.50. The number of allylic oxidation sites excluding steroid dienone is 5. The third kappa shape index (κ3) is 2.35. The Labute approximate surface area is 160 Å². The number of Topliss-reactive ketones (excluding diaryl/α,β-unsaturated/α-hetero) is 2. The first-order chi connectivity index (χ1) is 12.6. The summed E-state index contributed by atoms with van der Waals surface area (Å²) >= 11 is 0. The highest BCUT2D eigenvalue weighted by atomic mass is 16.5. The minimum atomic E-state index is -1.03. The van der Waals surface area contributed by atoms with E-state index in [1.54, 1.807) is 45.2 Å². The van der Waals surface area contributed by atoms with Gasteiger partial charge in [0.2, 0.25) is 0 Å². The van der Waals surface area contributed by atoms with Crippen LogP contribution < -0.4 is 4.74 Å². The molecule has 0 saturated heterocycles. The lowest BCUT2D eigenvalue weighted by Gasteiger charge is -2.54. The molecule has 0 unspecified atom stereocenters. The summed E-state index contributed by atoms with van der Waals surface area (Å²) in [6, 6.07) is 4.98. The highest BCUT2D eigenvalue weighted by molar-refractivity contribution is 6.17. The zero-order chi connectivity index (χ0) is 20.1. The summed E-state index contributed by atoms with van der Waals surface area (Å²) in [5.74, 6) is 0.0993. The Balaban J connectivity index is 2.37. The summed E-state index contributed by atoms with van der Waals surface area (Å²) in [4.78, 5) is 26.8. The molecule has 0 bridgehead atoms. The Morgan fingerprint density at radius 3 is 2.41 bits per heavy atom. The maximum atomic E-state index is 13.6. The molecular weight excluding hydrogens is 340 g/mol. The van der Waals surface area contributed by atoms with Crippen molar-refractivity contribution in [3.8, 4) is 11.5 Å². The molecule has 1 aromatic carbocycles. The van der Waals surface area contributed by atoms with Crippen LogP contribution in [-0.2, 0) is 9.59 Å². The average Bonchev–Trinajstić information content (AvgIpc) is 2.67. The second-order valence-corrected chi connectivity index (χ2v) is 7.91. The fourth-order valence-corrected chi connectivity index (χ4v) is 4.74. The van der Waals surface area contributed by atoms with Gasteiger partial charge in [-0.25, -0.2) is 0 Å². The number of ether oxygens (including phenoxy) is 1. The quantitative estimate of drug-likeness (QED) is 0.855. The molecule has 0 fully saturated rings. The van der Waals surface area contributed by atoms with Gasteiger partial charge < -0.3 is 9.84 Å². The second-order valence-electron chi connectivity index (χ2n) is 7.91. The summed E-state index contributed by atoms with van der Waals surface area (Å²) in [5.41, 5.74) is 0.520. The normalized spacial score (nSPS) is 30.7. The minimum absolute atomic E-state index is 0.00570. The van der Waals surface area contributed by atoms with E-state index in [2.05, 4.69) is 6.58 Å². The van der Waals surface area contributed by atoms with Crippen LogP contribution in [0.5, 0.6) is 11.5 Å². The summed E-state index contributed by atoms with van der Waals surface area (Å²) < 4.78 is 5.33. The van der Waals surface area contributed by atoms with E-state index < -0.39 is 16.7 Å². The minimum Gasteiger partial charge on any atom is -0.508 e. The number of phenolic OH excluding ortho intramolecular Hbond substituents is 1. The SMILES string of the molecule is C=CC1=CC[C@@]2(C)C(=O)C(C)=C(C)C(=O)[C@@]2(C)[C@H]1c1cc(OC)ccc1O. The molecule has 27 heavy (non-hydrogen) atoms. The Bertz CT molecular complexity index is 920. The summed E-state index contributed by atoms with van der Waals surface area (Å²) in [6.07, 6.45) is 4.14. The number of aromatic hydroxyl groups is 1. The van der Waals surface area contributed by atoms with Crippen LogP contribution in [0.4, 0.5) is 0 Å². The topological polar surface area (TPSA) is 63.6 Å². The summed E-state index contributed by atoms with van der Waals surface area (Å²) in [5, 5.41) is 10.6. The largest absolute Gasteiger partial charge is 0.508 e. The zero-order valence-corrected chi connectivity index (χ0v) is 16.6. The molecule has 2 aliphatic carbocycles. The van der Waals surface area contributed by atoms with Crippen molar-refractivity contribution in [3.63, 3.8) is 0 Å². The van der Waals surface area contributed by atoms with Crippen LogP contribution in [0.1, 0.15) is 45.6 Å². The summed E-state index contributed by atoms with van der Waals surface area (Å²) in [6.45, 7) is 11.1. The Morgan fingerprint density at radius 1 is 1.19 bits per heavy atom. The van der Waals surface area contributed by atoms with Gasteiger partial charge in [-0.2, -0.15) is 0 Å². The molecule has 0 amide bonds. The molecule has 4 heteroatoms. The smallest absolute Gasteiger partial charge is 0.166 e. The van der Waals surface area contributed by atoms with Crippen LogP contribution >= 0.6 is 0 Å². The Morgan fingerprint density at radius 2 is 1.81 bits per heavy atom. The number of ketones is 2. The fraction of sp³-hybridized carbons (Fsp3) is 0.391. The lowest BCUT2D eigenvalue weighted by Crippen LogP contribution is -2.57. The molecule has 4 nitrogen and oxygen atoms in total. The summed E-state index contributed by atoms with van der Waals surface area (Å²) in [7, 11) is 1.55. The fourth-order valence-electron chi connectivity index (χ4n) is 4.74. The third-order valence-corrected chi connectivity index (χ3v) is 6.80. The second kappa shape index (κ2) is 6.22. The van der Waals surface area contributed by atoms with Gasteiger partial charge in [-0.3, -0.25) is 9.59 Å². The standard InChI is InChI=1S/C23H26O4/c1-7-15-10-11-22(4)20(25)13(2)14(3)21(26)23(22,5)19(15)17-12-16(27-6)8-9-18(17)24/h7-10,12,19,24H,1,11H2,2-6H3/t19-,22+,23-/m1/s1. The number of methoxy groups -OCH3 is 1. The van der Waals surface area contributed by atoms with Gasteiger partial charge in [0.15, 0.2) is 11.6 Å². The van der Waals surface area contributed by atoms with Gasteiger partial charge in [-0.05, 0) is 55.2 Å². The Kier molecular flexibility index (Phi) is 4.41. The van der Waals surface area contributed by atoms with Gasteiger partial charge in [0.1, 0.15) is 11.5 Å². The van der Waals surface area contributed by atoms with Crippen molar-refractivity contribution in [3.05, 3.63) is 59.2 Å². The first kappa shape index (κ1) is 19.2. The molecule has 1 aromatic rings. The van der Waals surface area contributed by atoms with Crippen molar-refractivity contribution in [1.29, 1.82) is 0 Å². The number of phenols is 1. The Hall–Kier alpha value is -2.62. The van der Waals surface area contributed by atoms with Gasteiger partial charge in [0.25, 0.3) is 0 Å². The van der Waals surface area contributed by atoms with Gasteiger partial charge >= 0.3 is 0 Å². The highest BCUT2D eigenvalue weighted by Crippen LogP contribution is 2.63. The lowest BCUT2D eigenvalue weighted by molar-refractivity contribution is -0.147. The zero-order valence-electron chi connectivity index (χ0n) is 16.6. The van der Waals surface area contributed by atoms with Gasteiger partial charge in [0, 0.05) is 16.9 Å². The van der Waals surface area contributed by atoms with E-state index in [0.717, 1.165) is 5.57 Å². The number of carbonyl (C=O) groups excluding carboxylic acids is 2. The molecular formula is C23H26O4. The molecule has 0 aromatic heterocycles. The molecule has 2 aliphatic rings. The molecule has 0 radical (unpaired) electrons. The van der Waals surface area contributed by atoms with E-state index in [4.69, 9.17) is 4.74 Å². The van der Waals surface area contributed by atoms with Crippen LogP contribution in [0.2, 0.25) is 0 Å². The number of hydrogen-bond donors (Lipinski definition) is 1. The van der Waals surface area contributed by atoms with Crippen LogP contribution in [-0.4, -0.2) is 23.8 Å². The number of fused-ring (bicyclic) bond motifs is 1. The maximum Gasteiger partial charge on any atom is 0.166 e. The average molecular weight is 366 g/mol. The number of benzene rings is 1. The van der Waals surface area contributed by atoms with Gasteiger partial charge in [-0.1, -0.05) is 32.6 Å². The lowest BCUT2D eigenvalue weighted by atomic mass is 9.45. The molecule has 0 spiro atoms. The molecule has 0 aliphatic heterocycles. The first-order valence-corrected chi connectivity index (χ1v) is 9.10. The first-order valence-electron chi connectivity index (χ1n) is 9.10. The molecule has 0 heterocycles. The predicted molar refractivity (Wildman–Crippen MR) is 105 cm³/mol. The van der Waals surface area contributed by atoms with E-state index in [1.807, 2.05) is 19.9 Å². The van der Waals surface area contributed by atoms with E-state index in [1.165, 1.54) is 0 Å². The molecule has 1 N–H and O–H groups in total. The number of carbonyl (C=O) groups is 2. The van der Waals surface area contributed by atoms with Crippen LogP contribution in [0.3, 0.4) is 0 Å². The van der Waals surface area contributed by atoms with Crippen molar-refractivity contribution >= 4 is 11.6 Å². The van der Waals surface area contributed by atoms with Gasteiger partial charge in [-0.15, -0.1) is 0 Å². The van der Waals surface area contributed by atoms with E-state index in [9.17, 15) is 14.7 Å². The van der Waals surface area contributed by atoms with Crippen molar-refractivity contribution < 1.29 is 19.4 Å².